The summed E-state index contributed by atoms with van der Waals surface area (Å²) in [5.74, 6) is -0.646. The number of nitrogens with one attached hydrogen (secondary N) is 1. The van der Waals surface area contributed by atoms with Crippen LogP contribution >= 0.6 is 23.4 Å². The van der Waals surface area contributed by atoms with Gasteiger partial charge < -0.3 is 5.32 Å². The van der Waals surface area contributed by atoms with E-state index in [1.54, 1.807) is 24.3 Å². The Bertz CT molecular complexity index is 1240. The van der Waals surface area contributed by atoms with Gasteiger partial charge >= 0.3 is 0 Å². The lowest BCUT2D eigenvalue weighted by atomic mass is 10.1. The highest BCUT2D eigenvalue weighted by molar-refractivity contribution is 8.05. The average molecular weight is 488 g/mol. The minimum absolute atomic E-state index is 0.0612. The number of anilines is 1. The molecule has 1 N–H and O–H groups in total. The van der Waals surface area contributed by atoms with Crippen LogP contribution < -0.4 is 10.2 Å². The maximum Gasteiger partial charge on any atom is 0.264 e. The highest BCUT2D eigenvalue weighted by atomic mass is 35.5. The lowest BCUT2D eigenvalue weighted by Gasteiger charge is -2.18. The van der Waals surface area contributed by atoms with E-state index in [2.05, 4.69) is 5.32 Å². The molecule has 3 aromatic rings. The van der Waals surface area contributed by atoms with Crippen molar-refractivity contribution in [3.8, 4) is 6.07 Å². The summed E-state index contributed by atoms with van der Waals surface area (Å²) in [6.07, 6.45) is 1.11. The normalized spacial score (nSPS) is 16.8. The fourth-order valence-electron chi connectivity index (χ4n) is 3.69. The van der Waals surface area contributed by atoms with Crippen molar-refractivity contribution in [2.45, 2.75) is 18.1 Å². The fourth-order valence-corrected chi connectivity index (χ4v) is 5.12. The van der Waals surface area contributed by atoms with E-state index in [1.807, 2.05) is 66.7 Å². The Morgan fingerprint density at radius 1 is 0.971 bits per heavy atom. The summed E-state index contributed by atoms with van der Waals surface area (Å²) < 4.78 is 0. The number of carbonyl (C=O) groups is 2. The van der Waals surface area contributed by atoms with E-state index in [4.69, 9.17) is 11.6 Å². The van der Waals surface area contributed by atoms with Gasteiger partial charge in [0.1, 0.15) is 16.7 Å². The minimum Gasteiger partial charge on any atom is -0.351 e. The molecule has 34 heavy (non-hydrogen) atoms. The standard InChI is InChI=1S/C27H22ClN3O2S/c28-21-13-11-20(12-14-21)17-24-26(33)31(22-9-5-2-6-10-22)27(34-24)23(18-29)25(32)30-16-15-19-7-3-1-4-8-19/h1-14,24H,15-17H2,(H,30,32)/b27-23-/t24-/m0/s1. The van der Waals surface area contributed by atoms with Gasteiger partial charge in [0.2, 0.25) is 5.91 Å². The smallest absolute Gasteiger partial charge is 0.264 e. The van der Waals surface area contributed by atoms with Crippen molar-refractivity contribution in [2.75, 3.05) is 11.4 Å². The molecule has 1 aliphatic heterocycles. The van der Waals surface area contributed by atoms with Crippen molar-refractivity contribution in [3.05, 3.63) is 112 Å². The molecule has 7 heteroatoms. The Kier molecular flexibility index (Phi) is 7.69. The summed E-state index contributed by atoms with van der Waals surface area (Å²) in [7, 11) is 0. The summed E-state index contributed by atoms with van der Waals surface area (Å²) in [5, 5.41) is 13.2. The molecule has 0 saturated carbocycles. The van der Waals surface area contributed by atoms with Gasteiger partial charge in [-0.3, -0.25) is 14.5 Å². The third kappa shape index (κ3) is 5.51. The largest absolute Gasteiger partial charge is 0.351 e. The maximum absolute atomic E-state index is 13.4. The lowest BCUT2D eigenvalue weighted by molar-refractivity contribution is -0.117. The van der Waals surface area contributed by atoms with Crippen LogP contribution in [-0.4, -0.2) is 23.6 Å². The van der Waals surface area contributed by atoms with Crippen LogP contribution in [0.2, 0.25) is 5.02 Å². The SMILES string of the molecule is N#C/C(C(=O)NCCc1ccccc1)=C1/S[C@@H](Cc2ccc(Cl)cc2)C(=O)N1c1ccccc1. The number of hydrogen-bond acceptors (Lipinski definition) is 4. The predicted octanol–water partition coefficient (Wildman–Crippen LogP) is 5.13. The fraction of sp³-hybridized carbons (Fsp3) is 0.148. The number of hydrogen-bond donors (Lipinski definition) is 1. The van der Waals surface area contributed by atoms with Crippen LogP contribution in [0.3, 0.4) is 0 Å². The molecule has 3 aromatic carbocycles. The first-order valence-electron chi connectivity index (χ1n) is 10.8. The molecule has 1 aliphatic rings. The first-order chi connectivity index (χ1) is 16.6. The number of halogens is 1. The molecule has 1 atom stereocenters. The van der Waals surface area contributed by atoms with Gasteiger partial charge in [-0.25, -0.2) is 0 Å². The summed E-state index contributed by atoms with van der Waals surface area (Å²) in [5.41, 5.74) is 2.61. The second kappa shape index (κ2) is 11.1. The van der Waals surface area contributed by atoms with Crippen LogP contribution in [0.5, 0.6) is 0 Å². The van der Waals surface area contributed by atoms with Gasteiger partial charge in [-0.15, -0.1) is 0 Å². The summed E-state index contributed by atoms with van der Waals surface area (Å²) in [6, 6.07) is 28.3. The number of nitriles is 1. The Labute approximate surface area is 208 Å². The quantitative estimate of drug-likeness (QED) is 0.370. The monoisotopic (exact) mass is 487 g/mol. The van der Waals surface area contributed by atoms with Gasteiger partial charge in [-0.05, 0) is 48.2 Å². The Morgan fingerprint density at radius 3 is 2.26 bits per heavy atom. The Hall–Kier alpha value is -3.53. The summed E-state index contributed by atoms with van der Waals surface area (Å²) >= 11 is 7.24. The highest BCUT2D eigenvalue weighted by Gasteiger charge is 2.40. The number of carbonyl (C=O) groups excluding carboxylic acids is 2. The van der Waals surface area contributed by atoms with E-state index in [9.17, 15) is 14.9 Å². The Balaban J connectivity index is 1.59. The molecule has 4 rings (SSSR count). The van der Waals surface area contributed by atoms with E-state index < -0.39 is 11.2 Å². The van der Waals surface area contributed by atoms with Crippen LogP contribution in [0.4, 0.5) is 5.69 Å². The van der Waals surface area contributed by atoms with Crippen molar-refractivity contribution in [3.63, 3.8) is 0 Å². The molecule has 5 nitrogen and oxygen atoms in total. The van der Waals surface area contributed by atoms with Gasteiger partial charge in [0.25, 0.3) is 5.91 Å². The van der Waals surface area contributed by atoms with Gasteiger partial charge in [-0.1, -0.05) is 84.0 Å². The van der Waals surface area contributed by atoms with Gasteiger partial charge in [0.05, 0.1) is 5.25 Å². The van der Waals surface area contributed by atoms with Crippen molar-refractivity contribution in [2.24, 2.45) is 0 Å². The molecule has 0 spiro atoms. The summed E-state index contributed by atoms with van der Waals surface area (Å²) in [6.45, 7) is 0.388. The van der Waals surface area contributed by atoms with Crippen molar-refractivity contribution < 1.29 is 9.59 Å². The number of amides is 2. The van der Waals surface area contributed by atoms with Crippen LogP contribution in [0.1, 0.15) is 11.1 Å². The zero-order chi connectivity index (χ0) is 23.9. The van der Waals surface area contributed by atoms with Crippen LogP contribution in [0.25, 0.3) is 0 Å². The highest BCUT2D eigenvalue weighted by Crippen LogP contribution is 2.41. The second-order valence-corrected chi connectivity index (χ2v) is 9.36. The van der Waals surface area contributed by atoms with E-state index in [0.717, 1.165) is 11.1 Å². The van der Waals surface area contributed by atoms with Gasteiger partial charge in [0, 0.05) is 17.3 Å². The van der Waals surface area contributed by atoms with Crippen molar-refractivity contribution in [1.82, 2.24) is 5.32 Å². The van der Waals surface area contributed by atoms with E-state index in [-0.39, 0.29) is 11.5 Å². The number of benzene rings is 3. The molecule has 0 aliphatic carbocycles. The molecule has 0 bridgehead atoms. The molecule has 0 aromatic heterocycles. The summed E-state index contributed by atoms with van der Waals surface area (Å²) in [4.78, 5) is 27.9. The van der Waals surface area contributed by atoms with Gasteiger partial charge in [0.15, 0.2) is 0 Å². The van der Waals surface area contributed by atoms with E-state index >= 15 is 0 Å². The molecule has 1 saturated heterocycles. The Morgan fingerprint density at radius 2 is 1.62 bits per heavy atom. The van der Waals surface area contributed by atoms with Crippen molar-refractivity contribution >= 4 is 40.9 Å². The van der Waals surface area contributed by atoms with Crippen molar-refractivity contribution in [1.29, 1.82) is 5.26 Å². The molecular formula is C27H22ClN3O2S. The first-order valence-corrected chi connectivity index (χ1v) is 12.1. The molecule has 2 amide bonds. The van der Waals surface area contributed by atoms with Crippen LogP contribution in [-0.2, 0) is 22.4 Å². The van der Waals surface area contributed by atoms with Crippen LogP contribution in [0.15, 0.2) is 95.5 Å². The average Bonchev–Trinajstić information content (AvgIpc) is 3.17. The van der Waals surface area contributed by atoms with Gasteiger partial charge in [-0.2, -0.15) is 5.26 Å². The third-order valence-corrected chi connectivity index (χ3v) is 6.91. The number of rotatable bonds is 7. The van der Waals surface area contributed by atoms with E-state index in [1.165, 1.54) is 16.7 Å². The lowest BCUT2D eigenvalue weighted by Crippen LogP contribution is -2.32. The van der Waals surface area contributed by atoms with Crippen LogP contribution in [0, 0.1) is 11.3 Å². The molecule has 0 radical (unpaired) electrons. The molecule has 1 heterocycles. The zero-order valence-corrected chi connectivity index (χ0v) is 19.9. The number of thioether (sulfide) groups is 1. The minimum atomic E-state index is -0.484. The number of nitrogens with zero attached hydrogens (tertiary/aromatic N) is 2. The molecule has 1 fully saturated rings. The maximum atomic E-state index is 13.4. The molecule has 0 unspecified atom stereocenters. The second-order valence-electron chi connectivity index (χ2n) is 7.73. The number of para-hydroxylation sites is 1. The van der Waals surface area contributed by atoms with E-state index in [0.29, 0.717) is 35.1 Å². The molecular weight excluding hydrogens is 466 g/mol. The molecule has 170 valence electrons. The zero-order valence-electron chi connectivity index (χ0n) is 18.3. The topological polar surface area (TPSA) is 73.2 Å². The first kappa shape index (κ1) is 23.6. The predicted molar refractivity (Wildman–Crippen MR) is 136 cm³/mol. The third-order valence-electron chi connectivity index (χ3n) is 5.40.